The standard InChI is InChI=1S/C25H29N5O2/c1-2-26-25(29-15-20-19-7-4-3-6-16(19)10-12-27-20)28-11-5-13-30-23(31)21-17-8-9-18(14-17)22(21)24(30)32/h3-4,6-10,12,17-18,21-22H,2,5,11,13-15H2,1H3,(H2,26,28,29). The molecule has 2 N–H and O–H groups in total. The van der Waals surface area contributed by atoms with E-state index in [0.717, 1.165) is 29.4 Å². The van der Waals surface area contributed by atoms with Gasteiger partial charge < -0.3 is 10.6 Å². The zero-order chi connectivity index (χ0) is 22.1. The van der Waals surface area contributed by atoms with Crippen LogP contribution < -0.4 is 10.6 Å². The Hall–Kier alpha value is -3.22. The number of guanidine groups is 1. The van der Waals surface area contributed by atoms with Crippen LogP contribution in [0.5, 0.6) is 0 Å². The highest BCUT2D eigenvalue weighted by molar-refractivity contribution is 6.06. The molecule has 7 heteroatoms. The number of nitrogens with zero attached hydrogens (tertiary/aromatic N) is 3. The van der Waals surface area contributed by atoms with Crippen LogP contribution in [0.15, 0.2) is 53.7 Å². The maximum absolute atomic E-state index is 12.8. The molecule has 5 rings (SSSR count). The monoisotopic (exact) mass is 431 g/mol. The first-order valence-electron chi connectivity index (χ1n) is 11.6. The first-order valence-corrected chi connectivity index (χ1v) is 11.6. The molecule has 2 heterocycles. The molecule has 2 aliphatic carbocycles. The van der Waals surface area contributed by atoms with Gasteiger partial charge in [-0.3, -0.25) is 19.5 Å². The second-order valence-electron chi connectivity index (χ2n) is 8.78. The fraction of sp³-hybridized carbons (Fsp3) is 0.440. The number of nitrogens with one attached hydrogen (secondary N) is 2. The minimum absolute atomic E-state index is 0.0273. The van der Waals surface area contributed by atoms with Crippen LogP contribution in [0.1, 0.15) is 25.5 Å². The van der Waals surface area contributed by atoms with Crippen molar-refractivity contribution in [3.05, 3.63) is 54.4 Å². The average molecular weight is 432 g/mol. The minimum atomic E-state index is -0.113. The largest absolute Gasteiger partial charge is 0.357 e. The van der Waals surface area contributed by atoms with E-state index in [0.29, 0.717) is 32.0 Å². The van der Waals surface area contributed by atoms with E-state index in [1.807, 2.05) is 31.3 Å². The van der Waals surface area contributed by atoms with Crippen molar-refractivity contribution in [3.63, 3.8) is 0 Å². The van der Waals surface area contributed by atoms with Crippen LogP contribution in [0.2, 0.25) is 0 Å². The molecule has 1 aromatic carbocycles. The number of aliphatic imine (C=N–C) groups is 1. The number of imide groups is 1. The van der Waals surface area contributed by atoms with E-state index >= 15 is 0 Å². The van der Waals surface area contributed by atoms with Gasteiger partial charge in [0.05, 0.1) is 24.1 Å². The molecule has 32 heavy (non-hydrogen) atoms. The topological polar surface area (TPSA) is 86.7 Å². The number of hydrogen-bond donors (Lipinski definition) is 2. The highest BCUT2D eigenvalue weighted by Gasteiger charge is 2.58. The fourth-order valence-electron chi connectivity index (χ4n) is 5.43. The number of allylic oxidation sites excluding steroid dienone is 2. The lowest BCUT2D eigenvalue weighted by atomic mass is 9.85. The molecular weight excluding hydrogens is 402 g/mol. The first kappa shape index (κ1) is 20.7. The second kappa shape index (κ2) is 8.73. The van der Waals surface area contributed by atoms with Crippen LogP contribution >= 0.6 is 0 Å². The molecule has 4 unspecified atom stereocenters. The number of benzene rings is 1. The summed E-state index contributed by atoms with van der Waals surface area (Å²) in [6.07, 6.45) is 7.74. The van der Waals surface area contributed by atoms with E-state index in [2.05, 4.69) is 44.9 Å². The Labute approximate surface area is 188 Å². The summed E-state index contributed by atoms with van der Waals surface area (Å²) in [7, 11) is 0. The van der Waals surface area contributed by atoms with Crippen molar-refractivity contribution < 1.29 is 9.59 Å². The summed E-state index contributed by atoms with van der Waals surface area (Å²) in [4.78, 5) is 36.3. The van der Waals surface area contributed by atoms with Crippen molar-refractivity contribution in [3.8, 4) is 0 Å². The SMILES string of the molecule is CCNC(=NCc1nccc2ccccc12)NCCCN1C(=O)C2C3C=CC(C3)C2C1=O. The van der Waals surface area contributed by atoms with Crippen molar-refractivity contribution in [2.24, 2.45) is 28.7 Å². The summed E-state index contributed by atoms with van der Waals surface area (Å²) in [5.74, 6) is 1.06. The van der Waals surface area contributed by atoms with Gasteiger partial charge in [-0.2, -0.15) is 0 Å². The van der Waals surface area contributed by atoms with E-state index in [4.69, 9.17) is 0 Å². The van der Waals surface area contributed by atoms with Gasteiger partial charge in [-0.15, -0.1) is 0 Å². The van der Waals surface area contributed by atoms with Gasteiger partial charge in [-0.1, -0.05) is 36.4 Å². The van der Waals surface area contributed by atoms with Gasteiger partial charge in [0.25, 0.3) is 0 Å². The molecule has 1 aliphatic heterocycles. The molecule has 166 valence electrons. The molecule has 2 bridgehead atoms. The van der Waals surface area contributed by atoms with Gasteiger partial charge in [-0.25, -0.2) is 4.99 Å². The highest BCUT2D eigenvalue weighted by Crippen LogP contribution is 2.52. The van der Waals surface area contributed by atoms with E-state index in [9.17, 15) is 9.59 Å². The molecule has 1 aromatic heterocycles. The number of rotatable bonds is 7. The van der Waals surface area contributed by atoms with E-state index in [-0.39, 0.29) is 35.5 Å². The van der Waals surface area contributed by atoms with E-state index in [1.54, 1.807) is 0 Å². The maximum atomic E-state index is 12.8. The van der Waals surface area contributed by atoms with Gasteiger partial charge in [0.15, 0.2) is 5.96 Å². The fourth-order valence-corrected chi connectivity index (χ4v) is 5.43. The number of aromatic nitrogens is 1. The number of likely N-dealkylation sites (tertiary alicyclic amines) is 1. The number of carbonyl (C=O) groups excluding carboxylic acids is 2. The zero-order valence-electron chi connectivity index (χ0n) is 18.3. The van der Waals surface area contributed by atoms with E-state index < -0.39 is 0 Å². The van der Waals surface area contributed by atoms with Crippen molar-refractivity contribution in [1.29, 1.82) is 0 Å². The van der Waals surface area contributed by atoms with Crippen LogP contribution in [0.4, 0.5) is 0 Å². The number of amides is 2. The first-order chi connectivity index (χ1) is 15.7. The molecule has 2 fully saturated rings. The predicted molar refractivity (Wildman–Crippen MR) is 124 cm³/mol. The lowest BCUT2D eigenvalue weighted by molar-refractivity contribution is -0.140. The van der Waals surface area contributed by atoms with E-state index in [1.165, 1.54) is 4.90 Å². The lowest BCUT2D eigenvalue weighted by Crippen LogP contribution is -2.40. The zero-order valence-corrected chi connectivity index (χ0v) is 18.3. The molecule has 2 aromatic rings. The Morgan fingerprint density at radius 1 is 1.09 bits per heavy atom. The van der Waals surface area contributed by atoms with Gasteiger partial charge in [0.2, 0.25) is 11.8 Å². The molecule has 1 saturated heterocycles. The number of fused-ring (bicyclic) bond motifs is 6. The molecule has 1 saturated carbocycles. The number of pyridine rings is 1. The van der Waals surface area contributed by atoms with Crippen molar-refractivity contribution in [1.82, 2.24) is 20.5 Å². The van der Waals surface area contributed by atoms with Crippen LogP contribution in [-0.4, -0.2) is 47.3 Å². The van der Waals surface area contributed by atoms with Crippen LogP contribution in [0.25, 0.3) is 10.8 Å². The summed E-state index contributed by atoms with van der Waals surface area (Å²) in [5, 5.41) is 8.83. The Morgan fingerprint density at radius 2 is 1.84 bits per heavy atom. The van der Waals surface area contributed by atoms with Gasteiger partial charge in [0.1, 0.15) is 0 Å². The summed E-state index contributed by atoms with van der Waals surface area (Å²) in [6, 6.07) is 10.2. The Bertz CT molecular complexity index is 1060. The second-order valence-corrected chi connectivity index (χ2v) is 8.78. The molecule has 0 spiro atoms. The van der Waals surface area contributed by atoms with Crippen molar-refractivity contribution in [2.75, 3.05) is 19.6 Å². The third-order valence-corrected chi connectivity index (χ3v) is 6.90. The minimum Gasteiger partial charge on any atom is -0.357 e. The normalized spacial score (nSPS) is 26.3. The molecule has 2 amide bonds. The van der Waals surface area contributed by atoms with Crippen molar-refractivity contribution >= 4 is 28.5 Å². The predicted octanol–water partition coefficient (Wildman–Crippen LogP) is 2.49. The summed E-state index contributed by atoms with van der Waals surface area (Å²) < 4.78 is 0. The average Bonchev–Trinajstić information content (AvgIpc) is 3.49. The molecule has 3 aliphatic rings. The highest BCUT2D eigenvalue weighted by atomic mass is 16.2. The third-order valence-electron chi connectivity index (χ3n) is 6.90. The summed E-state index contributed by atoms with van der Waals surface area (Å²) in [6.45, 7) is 4.33. The van der Waals surface area contributed by atoms with Crippen LogP contribution in [-0.2, 0) is 16.1 Å². The summed E-state index contributed by atoms with van der Waals surface area (Å²) in [5.41, 5.74) is 0.934. The molecule has 7 nitrogen and oxygen atoms in total. The molecule has 4 atom stereocenters. The third kappa shape index (κ3) is 3.66. The molecular formula is C25H29N5O2. The smallest absolute Gasteiger partial charge is 0.233 e. The maximum Gasteiger partial charge on any atom is 0.233 e. The molecule has 0 radical (unpaired) electrons. The van der Waals surface area contributed by atoms with Gasteiger partial charge >= 0.3 is 0 Å². The number of carbonyl (C=O) groups is 2. The summed E-state index contributed by atoms with van der Waals surface area (Å²) >= 11 is 0. The lowest BCUT2D eigenvalue weighted by Gasteiger charge is -2.18. The Morgan fingerprint density at radius 3 is 2.59 bits per heavy atom. The number of hydrogen-bond acceptors (Lipinski definition) is 4. The van der Waals surface area contributed by atoms with Crippen molar-refractivity contribution in [2.45, 2.75) is 26.3 Å². The van der Waals surface area contributed by atoms with Crippen LogP contribution in [0.3, 0.4) is 0 Å². The Balaban J connectivity index is 1.16. The Kier molecular flexibility index (Phi) is 5.64. The quantitative estimate of drug-likeness (QED) is 0.231. The van der Waals surface area contributed by atoms with Gasteiger partial charge in [0, 0.05) is 31.2 Å². The van der Waals surface area contributed by atoms with Gasteiger partial charge in [-0.05, 0) is 43.1 Å². The van der Waals surface area contributed by atoms with Crippen LogP contribution in [0, 0.1) is 23.7 Å².